The van der Waals surface area contributed by atoms with Crippen molar-refractivity contribution in [1.82, 2.24) is 10.2 Å². The number of nitriles is 1. The molecule has 2 amide bonds. The molecule has 0 atom stereocenters. The number of carbonyl (C=O) groups excluding carboxylic acids is 2. The number of rotatable bonds is 5. The molecule has 9 heteroatoms. The molecular weight excluding hydrogens is 470 g/mol. The van der Waals surface area contributed by atoms with E-state index in [2.05, 4.69) is 27.3 Å². The molecular formula is C21H16BrN3O4S. The molecule has 0 aliphatic carbocycles. The summed E-state index contributed by atoms with van der Waals surface area (Å²) in [7, 11) is 2.98. The van der Waals surface area contributed by atoms with Crippen molar-refractivity contribution in [3.8, 4) is 17.6 Å². The molecule has 3 rings (SSSR count). The average Bonchev–Trinajstić information content (AvgIpc) is 2.74. The normalized spacial score (nSPS) is 15.1. The Morgan fingerprint density at radius 2 is 2.00 bits per heavy atom. The van der Waals surface area contributed by atoms with E-state index in [9.17, 15) is 14.9 Å². The third kappa shape index (κ3) is 4.35. The van der Waals surface area contributed by atoms with Crippen molar-refractivity contribution in [1.29, 1.82) is 5.26 Å². The number of nitrogens with zero attached hydrogens (tertiary/aromatic N) is 2. The van der Waals surface area contributed by atoms with E-state index in [1.807, 2.05) is 12.1 Å². The van der Waals surface area contributed by atoms with Gasteiger partial charge < -0.3 is 9.47 Å². The molecule has 152 valence electrons. The highest BCUT2D eigenvalue weighted by Gasteiger charge is 2.31. The zero-order chi connectivity index (χ0) is 21.8. The van der Waals surface area contributed by atoms with Crippen LogP contribution in [0.15, 0.2) is 46.4 Å². The molecule has 1 aliphatic rings. The number of carbonyl (C=O) groups is 2. The molecule has 1 saturated heterocycles. The molecule has 2 aromatic rings. The first-order chi connectivity index (χ1) is 14.3. The van der Waals surface area contributed by atoms with Crippen LogP contribution in [0.4, 0.5) is 0 Å². The number of ether oxygens (including phenoxy) is 2. The van der Waals surface area contributed by atoms with Crippen molar-refractivity contribution in [3.63, 3.8) is 0 Å². The Hall–Kier alpha value is -3.22. The van der Waals surface area contributed by atoms with Crippen LogP contribution in [0.2, 0.25) is 0 Å². The summed E-state index contributed by atoms with van der Waals surface area (Å²) < 4.78 is 11.9. The molecule has 30 heavy (non-hydrogen) atoms. The largest absolute Gasteiger partial charge is 0.493 e. The Morgan fingerprint density at radius 3 is 2.70 bits per heavy atom. The lowest BCUT2D eigenvalue weighted by atomic mass is 10.1. The van der Waals surface area contributed by atoms with Gasteiger partial charge in [0.25, 0.3) is 11.8 Å². The first-order valence-electron chi connectivity index (χ1n) is 8.69. The molecule has 1 aliphatic heterocycles. The molecule has 0 aromatic heterocycles. The van der Waals surface area contributed by atoms with Crippen LogP contribution < -0.4 is 14.8 Å². The topological polar surface area (TPSA) is 91.7 Å². The SMILES string of the molecule is COc1cc(/C=C2\C(=O)NC(=S)N(C)C2=O)c(Br)cc1OCc1ccccc1C#N. The van der Waals surface area contributed by atoms with Gasteiger partial charge in [-0.05, 0) is 42.1 Å². The maximum Gasteiger partial charge on any atom is 0.265 e. The van der Waals surface area contributed by atoms with Crippen molar-refractivity contribution < 1.29 is 19.1 Å². The number of likely N-dealkylation sites (N-methyl/N-ethyl adjacent to an activating group) is 1. The molecule has 0 bridgehead atoms. The maximum absolute atomic E-state index is 12.4. The van der Waals surface area contributed by atoms with Crippen LogP contribution in [0, 0.1) is 11.3 Å². The van der Waals surface area contributed by atoms with Gasteiger partial charge in [0.1, 0.15) is 12.2 Å². The smallest absolute Gasteiger partial charge is 0.265 e. The summed E-state index contributed by atoms with van der Waals surface area (Å²) in [6, 6.07) is 12.6. The fraction of sp³-hybridized carbons (Fsp3) is 0.143. The maximum atomic E-state index is 12.4. The van der Waals surface area contributed by atoms with E-state index >= 15 is 0 Å². The van der Waals surface area contributed by atoms with E-state index in [4.69, 9.17) is 21.7 Å². The third-order valence-electron chi connectivity index (χ3n) is 4.41. The minimum absolute atomic E-state index is 0.0505. The predicted molar refractivity (Wildman–Crippen MR) is 118 cm³/mol. The second-order valence-corrected chi connectivity index (χ2v) is 7.50. The molecule has 0 saturated carbocycles. The highest BCUT2D eigenvalue weighted by atomic mass is 79.9. The number of methoxy groups -OCH3 is 1. The second kappa shape index (κ2) is 9.07. The lowest BCUT2D eigenvalue weighted by Crippen LogP contribution is -2.52. The quantitative estimate of drug-likeness (QED) is 0.397. The highest BCUT2D eigenvalue weighted by Crippen LogP contribution is 2.35. The summed E-state index contributed by atoms with van der Waals surface area (Å²) in [6.45, 7) is 0.177. The van der Waals surface area contributed by atoms with Gasteiger partial charge in [0, 0.05) is 17.1 Å². The van der Waals surface area contributed by atoms with Gasteiger partial charge in [-0.15, -0.1) is 0 Å². The highest BCUT2D eigenvalue weighted by molar-refractivity contribution is 9.10. The first kappa shape index (κ1) is 21.5. The van der Waals surface area contributed by atoms with Crippen LogP contribution >= 0.6 is 28.1 Å². The van der Waals surface area contributed by atoms with E-state index in [0.717, 1.165) is 5.56 Å². The van der Waals surface area contributed by atoms with Gasteiger partial charge in [0.2, 0.25) is 0 Å². The Balaban J connectivity index is 1.91. The van der Waals surface area contributed by atoms with Crippen molar-refractivity contribution in [2.24, 2.45) is 0 Å². The van der Waals surface area contributed by atoms with E-state index < -0.39 is 11.8 Å². The zero-order valence-electron chi connectivity index (χ0n) is 16.1. The van der Waals surface area contributed by atoms with Crippen LogP contribution in [0.5, 0.6) is 11.5 Å². The number of benzene rings is 2. The van der Waals surface area contributed by atoms with Gasteiger partial charge in [-0.1, -0.05) is 34.1 Å². The Labute approximate surface area is 187 Å². The monoisotopic (exact) mass is 485 g/mol. The predicted octanol–water partition coefficient (Wildman–Crippen LogP) is 3.16. The summed E-state index contributed by atoms with van der Waals surface area (Å²) in [6.07, 6.45) is 1.46. The molecule has 1 fully saturated rings. The minimum atomic E-state index is -0.567. The van der Waals surface area contributed by atoms with Crippen LogP contribution in [0.3, 0.4) is 0 Å². The molecule has 0 radical (unpaired) electrons. The average molecular weight is 486 g/mol. The van der Waals surface area contributed by atoms with E-state index in [-0.39, 0.29) is 17.3 Å². The molecule has 0 spiro atoms. The van der Waals surface area contributed by atoms with Crippen LogP contribution in [-0.2, 0) is 16.2 Å². The lowest BCUT2D eigenvalue weighted by molar-refractivity contribution is -0.128. The molecule has 1 N–H and O–H groups in total. The van der Waals surface area contributed by atoms with Gasteiger partial charge in [-0.25, -0.2) is 0 Å². The summed E-state index contributed by atoms with van der Waals surface area (Å²) >= 11 is 8.39. The Bertz CT molecular complexity index is 1120. The van der Waals surface area contributed by atoms with E-state index in [1.54, 1.807) is 24.3 Å². The summed E-state index contributed by atoms with van der Waals surface area (Å²) in [5.41, 5.74) is 1.77. The van der Waals surface area contributed by atoms with Crippen molar-refractivity contribution >= 4 is 51.2 Å². The first-order valence-corrected chi connectivity index (χ1v) is 9.89. The third-order valence-corrected chi connectivity index (χ3v) is 5.47. The lowest BCUT2D eigenvalue weighted by Gasteiger charge is -2.25. The Kier molecular flexibility index (Phi) is 6.50. The molecule has 1 heterocycles. The second-order valence-electron chi connectivity index (χ2n) is 6.26. The number of hydrogen-bond donors (Lipinski definition) is 1. The number of thiocarbonyl (C=S) groups is 1. The standard InChI is InChI=1S/C21H16BrN3O4S/c1-25-20(27)15(19(26)24-21(25)30)7-14-8-17(28-2)18(9-16(14)22)29-11-13-6-4-3-5-12(13)10-23/h3-9H,11H2,1-2H3,(H,24,26,30)/b15-7+. The van der Waals surface area contributed by atoms with Gasteiger partial charge in [0.05, 0.1) is 18.7 Å². The minimum Gasteiger partial charge on any atom is -0.493 e. The van der Waals surface area contributed by atoms with E-state index in [1.165, 1.54) is 25.1 Å². The van der Waals surface area contributed by atoms with Crippen LogP contribution in [0.25, 0.3) is 6.08 Å². The van der Waals surface area contributed by atoms with Crippen molar-refractivity contribution in [2.75, 3.05) is 14.2 Å². The molecule has 2 aromatic carbocycles. The van der Waals surface area contributed by atoms with Gasteiger partial charge >= 0.3 is 0 Å². The van der Waals surface area contributed by atoms with Crippen molar-refractivity contribution in [3.05, 3.63) is 63.1 Å². The van der Waals surface area contributed by atoms with Gasteiger partial charge in [-0.2, -0.15) is 5.26 Å². The van der Waals surface area contributed by atoms with Gasteiger partial charge in [0.15, 0.2) is 16.6 Å². The fourth-order valence-corrected chi connectivity index (χ4v) is 3.36. The van der Waals surface area contributed by atoms with E-state index in [0.29, 0.717) is 27.1 Å². The van der Waals surface area contributed by atoms with Crippen LogP contribution in [-0.4, -0.2) is 36.0 Å². The zero-order valence-corrected chi connectivity index (χ0v) is 18.5. The Morgan fingerprint density at radius 1 is 1.27 bits per heavy atom. The fourth-order valence-electron chi connectivity index (χ4n) is 2.75. The molecule has 0 unspecified atom stereocenters. The van der Waals surface area contributed by atoms with Crippen molar-refractivity contribution in [2.45, 2.75) is 6.61 Å². The summed E-state index contributed by atoms with van der Waals surface area (Å²) in [5.74, 6) is -0.213. The number of nitrogens with one attached hydrogen (secondary N) is 1. The summed E-state index contributed by atoms with van der Waals surface area (Å²) in [5, 5.41) is 11.7. The summed E-state index contributed by atoms with van der Waals surface area (Å²) in [4.78, 5) is 25.8. The number of hydrogen-bond acceptors (Lipinski definition) is 6. The number of amides is 2. The van der Waals surface area contributed by atoms with Crippen LogP contribution in [0.1, 0.15) is 16.7 Å². The number of halogens is 1. The molecule has 7 nitrogen and oxygen atoms in total. The van der Waals surface area contributed by atoms with Gasteiger partial charge in [-0.3, -0.25) is 19.8 Å².